The Hall–Kier alpha value is -0.340. The Kier molecular flexibility index (Phi) is 6.28. The van der Waals surface area contributed by atoms with Crippen LogP contribution >= 0.6 is 0 Å². The first-order valence-corrected chi connectivity index (χ1v) is 13.8. The van der Waals surface area contributed by atoms with Crippen LogP contribution in [0, 0.1) is 51.2 Å². The lowest BCUT2D eigenvalue weighted by atomic mass is 9.35. The third-order valence-corrected chi connectivity index (χ3v) is 12.3. The van der Waals surface area contributed by atoms with Gasteiger partial charge in [-0.25, -0.2) is 0 Å². The lowest BCUT2D eigenvalue weighted by Crippen LogP contribution is -2.66. The fourth-order valence-corrected chi connectivity index (χ4v) is 10.3. The van der Waals surface area contributed by atoms with Gasteiger partial charge >= 0.3 is 0 Å². The van der Waals surface area contributed by atoms with Gasteiger partial charge in [0.25, 0.3) is 0 Å². The molecular weight excluding hydrogens is 392 g/mol. The Morgan fingerprint density at radius 2 is 1.56 bits per heavy atom. The van der Waals surface area contributed by atoms with Crippen molar-refractivity contribution in [3.63, 3.8) is 0 Å². The minimum absolute atomic E-state index is 0.0192. The summed E-state index contributed by atoms with van der Waals surface area (Å²) in [4.78, 5) is 0. The number of hydrogen-bond acceptors (Lipinski definition) is 2. The van der Waals surface area contributed by atoms with Crippen LogP contribution in [-0.2, 0) is 0 Å². The standard InChI is InChI=1S/C30H52O2/c1-19(2)10-9-11-20(3)21-12-16-30(8)26(21)22(31)18-24-28(6)15-14-25(32)27(4,5)23(28)13-17-29(24,30)7/h10,20-26,31-32H,9,11-18H2,1-8H3/t20?,21?,22-,23?,24?,25+,26?,28+,29-,30-/m1/s1. The van der Waals surface area contributed by atoms with Gasteiger partial charge in [-0.1, -0.05) is 53.2 Å². The molecule has 5 unspecified atom stereocenters. The summed E-state index contributed by atoms with van der Waals surface area (Å²) >= 11 is 0. The smallest absolute Gasteiger partial charge is 0.0594 e. The van der Waals surface area contributed by atoms with Crippen LogP contribution in [0.2, 0.25) is 0 Å². The zero-order valence-corrected chi connectivity index (χ0v) is 22.4. The molecule has 10 atom stereocenters. The van der Waals surface area contributed by atoms with Gasteiger partial charge in [-0.3, -0.25) is 0 Å². The normalized spacial score (nSPS) is 50.7. The van der Waals surface area contributed by atoms with Gasteiger partial charge in [0.1, 0.15) is 0 Å². The predicted molar refractivity (Wildman–Crippen MR) is 134 cm³/mol. The van der Waals surface area contributed by atoms with Crippen molar-refractivity contribution in [2.75, 3.05) is 0 Å². The quantitative estimate of drug-likeness (QED) is 0.444. The molecule has 2 heteroatoms. The van der Waals surface area contributed by atoms with E-state index in [0.717, 1.165) is 19.3 Å². The first kappa shape index (κ1) is 24.8. The summed E-state index contributed by atoms with van der Waals surface area (Å²) in [6, 6.07) is 0. The maximum Gasteiger partial charge on any atom is 0.0594 e. The van der Waals surface area contributed by atoms with Crippen LogP contribution in [0.1, 0.15) is 113 Å². The van der Waals surface area contributed by atoms with E-state index in [1.165, 1.54) is 44.1 Å². The highest BCUT2D eigenvalue weighted by Crippen LogP contribution is 2.75. The monoisotopic (exact) mass is 444 g/mol. The molecule has 0 amide bonds. The van der Waals surface area contributed by atoms with Gasteiger partial charge in [0.2, 0.25) is 0 Å². The molecule has 0 saturated heterocycles. The summed E-state index contributed by atoms with van der Waals surface area (Å²) in [6.07, 6.45) is 12.6. The zero-order chi connectivity index (χ0) is 23.7. The van der Waals surface area contributed by atoms with Crippen molar-refractivity contribution in [3.8, 4) is 0 Å². The number of hydrogen-bond donors (Lipinski definition) is 2. The minimum atomic E-state index is -0.181. The van der Waals surface area contributed by atoms with E-state index < -0.39 is 0 Å². The number of fused-ring (bicyclic) bond motifs is 5. The van der Waals surface area contributed by atoms with E-state index in [1.807, 2.05) is 0 Å². The summed E-state index contributed by atoms with van der Waals surface area (Å²) in [5.41, 5.74) is 2.17. The Balaban J connectivity index is 1.63. The molecule has 4 aliphatic carbocycles. The molecule has 0 spiro atoms. The second-order valence-corrected chi connectivity index (χ2v) is 14.2. The van der Waals surface area contributed by atoms with Gasteiger partial charge in [0.05, 0.1) is 12.2 Å². The highest BCUT2D eigenvalue weighted by atomic mass is 16.3. The molecule has 0 aliphatic heterocycles. The Morgan fingerprint density at radius 3 is 2.22 bits per heavy atom. The van der Waals surface area contributed by atoms with E-state index in [2.05, 4.69) is 61.5 Å². The first-order chi connectivity index (χ1) is 14.8. The predicted octanol–water partition coefficient (Wildman–Crippen LogP) is 7.39. The van der Waals surface area contributed by atoms with Crippen molar-refractivity contribution in [1.29, 1.82) is 0 Å². The topological polar surface area (TPSA) is 40.5 Å². The highest BCUT2D eigenvalue weighted by Gasteiger charge is 2.70. The second-order valence-electron chi connectivity index (χ2n) is 14.2. The van der Waals surface area contributed by atoms with Crippen LogP contribution in [-0.4, -0.2) is 22.4 Å². The molecule has 0 heterocycles. The van der Waals surface area contributed by atoms with Crippen molar-refractivity contribution in [1.82, 2.24) is 0 Å². The fraction of sp³-hybridized carbons (Fsp3) is 0.933. The van der Waals surface area contributed by atoms with Crippen LogP contribution in [0.3, 0.4) is 0 Å². The molecular formula is C30H52O2. The fourth-order valence-electron chi connectivity index (χ4n) is 10.3. The molecule has 0 aromatic carbocycles. The minimum Gasteiger partial charge on any atom is -0.393 e. The number of rotatable bonds is 4. The van der Waals surface area contributed by atoms with Crippen molar-refractivity contribution >= 4 is 0 Å². The maximum absolute atomic E-state index is 11.8. The summed E-state index contributed by atoms with van der Waals surface area (Å²) in [5.74, 6) is 2.92. The molecule has 4 aliphatic rings. The van der Waals surface area contributed by atoms with Crippen molar-refractivity contribution in [2.45, 2.75) is 125 Å². The average Bonchev–Trinajstić information content (AvgIpc) is 3.07. The second kappa shape index (κ2) is 8.11. The summed E-state index contributed by atoms with van der Waals surface area (Å²) in [5, 5.41) is 22.6. The number of aliphatic hydroxyl groups is 2. The molecule has 184 valence electrons. The molecule has 4 rings (SSSR count). The number of aliphatic hydroxyl groups excluding tert-OH is 2. The van der Waals surface area contributed by atoms with Gasteiger partial charge in [-0.05, 0) is 123 Å². The largest absolute Gasteiger partial charge is 0.393 e. The molecule has 4 saturated carbocycles. The van der Waals surface area contributed by atoms with Gasteiger partial charge in [-0.2, -0.15) is 0 Å². The lowest BCUT2D eigenvalue weighted by Gasteiger charge is -2.70. The molecule has 0 bridgehead atoms. The van der Waals surface area contributed by atoms with Crippen LogP contribution in [0.25, 0.3) is 0 Å². The van der Waals surface area contributed by atoms with Crippen LogP contribution < -0.4 is 0 Å². The average molecular weight is 445 g/mol. The van der Waals surface area contributed by atoms with Gasteiger partial charge in [-0.15, -0.1) is 0 Å². The van der Waals surface area contributed by atoms with Crippen molar-refractivity contribution in [3.05, 3.63) is 11.6 Å². The van der Waals surface area contributed by atoms with Crippen LogP contribution in [0.5, 0.6) is 0 Å². The molecule has 0 aromatic rings. The van der Waals surface area contributed by atoms with E-state index in [0.29, 0.717) is 35.0 Å². The summed E-state index contributed by atoms with van der Waals surface area (Å²) in [7, 11) is 0. The van der Waals surface area contributed by atoms with E-state index in [-0.39, 0.29) is 28.5 Å². The molecule has 0 radical (unpaired) electrons. The van der Waals surface area contributed by atoms with Gasteiger partial charge in [0.15, 0.2) is 0 Å². The van der Waals surface area contributed by atoms with E-state index in [1.54, 1.807) is 0 Å². The zero-order valence-electron chi connectivity index (χ0n) is 22.4. The maximum atomic E-state index is 11.8. The Bertz CT molecular complexity index is 735. The Labute approximate surface area is 198 Å². The summed E-state index contributed by atoms with van der Waals surface area (Å²) in [6.45, 7) is 19.2. The van der Waals surface area contributed by atoms with E-state index >= 15 is 0 Å². The van der Waals surface area contributed by atoms with Crippen molar-refractivity contribution < 1.29 is 10.2 Å². The number of allylic oxidation sites excluding steroid dienone is 2. The van der Waals surface area contributed by atoms with Crippen molar-refractivity contribution in [2.24, 2.45) is 51.2 Å². The van der Waals surface area contributed by atoms with E-state index in [4.69, 9.17) is 0 Å². The third kappa shape index (κ3) is 3.40. The Morgan fingerprint density at radius 1 is 0.906 bits per heavy atom. The molecule has 2 nitrogen and oxygen atoms in total. The van der Waals surface area contributed by atoms with E-state index in [9.17, 15) is 10.2 Å². The molecule has 0 aromatic heterocycles. The first-order valence-electron chi connectivity index (χ1n) is 13.8. The van der Waals surface area contributed by atoms with Gasteiger partial charge in [0, 0.05) is 0 Å². The highest BCUT2D eigenvalue weighted by molar-refractivity contribution is 5.19. The molecule has 32 heavy (non-hydrogen) atoms. The SMILES string of the molecule is CC(C)=CCCC(C)C1CC[C@]2(C)C1[C@H](O)CC1[C@@]3(C)CC[C@H](O)C(C)(C)C3CC[C@]12C. The molecule has 4 fully saturated rings. The van der Waals surface area contributed by atoms with Crippen LogP contribution in [0.15, 0.2) is 11.6 Å². The molecule has 2 N–H and O–H groups in total. The van der Waals surface area contributed by atoms with Crippen LogP contribution in [0.4, 0.5) is 0 Å². The van der Waals surface area contributed by atoms with Gasteiger partial charge < -0.3 is 10.2 Å². The third-order valence-electron chi connectivity index (χ3n) is 12.3. The lowest BCUT2D eigenvalue weighted by molar-refractivity contribution is -0.242. The summed E-state index contributed by atoms with van der Waals surface area (Å²) < 4.78 is 0.